The molecule has 58 heavy (non-hydrogen) atoms. The lowest BCUT2D eigenvalue weighted by molar-refractivity contribution is -0.225. The molecule has 0 radical (unpaired) electrons. The van der Waals surface area contributed by atoms with E-state index in [1.165, 1.54) is 12.2 Å². The molecule has 9 aliphatic rings. The molecule has 7 fully saturated rings. The first-order valence-corrected chi connectivity index (χ1v) is 21.3. The Bertz CT molecular complexity index is 1950. The molecule has 11 nitrogen and oxygen atoms in total. The number of hydrogen-bond acceptors (Lipinski definition) is 11. The SMILES string of the molecule is CC1(C)O[C@@H]2C[C@H]3[C@@H]4CCC5=CC(=O)C=C[C@]5(C)[C@H]4[C@@H](O)C[C@]3(C)[C@]2(C(=O)CO)O1.C[C@@H]1C[C@H]2[C@@H]3CCC4=CC(=O)C=C[C@]4(C)[C@@]3(F)[C@@H](O)C[C@]2(C)[C@@]1(O)C(=O)CO. The van der Waals surface area contributed by atoms with Gasteiger partial charge in [0, 0.05) is 33.5 Å². The lowest BCUT2D eigenvalue weighted by Gasteiger charge is -2.62. The van der Waals surface area contributed by atoms with Gasteiger partial charge in [0.25, 0.3) is 0 Å². The maximum atomic E-state index is 16.9. The summed E-state index contributed by atoms with van der Waals surface area (Å²) in [4.78, 5) is 49.5. The lowest BCUT2D eigenvalue weighted by atomic mass is 9.44. The topological polar surface area (TPSA) is 188 Å². The number of rotatable bonds is 4. The Labute approximate surface area is 339 Å². The highest BCUT2D eigenvalue weighted by Gasteiger charge is 2.78. The fourth-order valence-corrected chi connectivity index (χ4v) is 15.3. The first kappa shape index (κ1) is 42.0. The summed E-state index contributed by atoms with van der Waals surface area (Å²) in [6.45, 7) is 11.7. The van der Waals surface area contributed by atoms with Crippen molar-refractivity contribution in [3.8, 4) is 0 Å². The van der Waals surface area contributed by atoms with Crippen molar-refractivity contribution in [2.75, 3.05) is 13.2 Å². The summed E-state index contributed by atoms with van der Waals surface area (Å²) in [5, 5.41) is 53.3. The van der Waals surface area contributed by atoms with Crippen LogP contribution >= 0.6 is 0 Å². The molecular formula is C46H61FO11. The fraction of sp³-hybridized carbons (Fsp3) is 0.739. The van der Waals surface area contributed by atoms with Gasteiger partial charge in [-0.2, -0.15) is 0 Å². The van der Waals surface area contributed by atoms with Crippen LogP contribution in [0, 0.1) is 57.2 Å². The van der Waals surface area contributed by atoms with E-state index in [-0.39, 0.29) is 52.9 Å². The molecule has 1 aliphatic heterocycles. The van der Waals surface area contributed by atoms with E-state index in [1.807, 2.05) is 13.0 Å². The number of fused-ring (bicyclic) bond motifs is 12. The second-order valence-electron chi connectivity index (χ2n) is 20.6. The standard InChI is InChI=1S/C24H32O6.C22H29FO5/c1-21(2)29-19-10-16-15-6-5-13-9-14(26)7-8-22(13,3)20(15)17(27)11-23(16,4)24(19,30-21)18(28)12-25;1-12-8-16-15-5-4-13-9-14(25)6-7-19(13,2)21(15,23)17(26)10-20(16,3)22(12,28)18(27)11-24/h7-9,15-17,19-20,25,27H,5-6,10-12H2,1-4H3;6-7,9,12,15-17,24,26,28H,4-5,8,10-11H2,1-3H3/t15-,16-,17-,19+,20+,22-,23-,24+;12-,15+,16+,17+,19+,20+,21+,22+/m01/s1. The number of alkyl halides is 1. The number of aliphatic hydroxyl groups excluding tert-OH is 4. The van der Waals surface area contributed by atoms with Crippen LogP contribution in [0.2, 0.25) is 0 Å². The number of ketones is 4. The Morgan fingerprint density at radius 3 is 2.09 bits per heavy atom. The summed E-state index contributed by atoms with van der Waals surface area (Å²) < 4.78 is 29.4. The molecule has 0 unspecified atom stereocenters. The number of ether oxygens (including phenoxy) is 2. The van der Waals surface area contributed by atoms with Crippen molar-refractivity contribution in [3.63, 3.8) is 0 Å². The summed E-state index contributed by atoms with van der Waals surface area (Å²) in [6.07, 6.45) is 11.5. The zero-order valence-electron chi connectivity index (χ0n) is 34.8. The molecule has 5 N–H and O–H groups in total. The molecule has 16 atom stereocenters. The Morgan fingerprint density at radius 2 is 1.43 bits per heavy atom. The second kappa shape index (κ2) is 13.1. The van der Waals surface area contributed by atoms with Gasteiger partial charge >= 0.3 is 0 Å². The maximum Gasteiger partial charge on any atom is 0.193 e. The summed E-state index contributed by atoms with van der Waals surface area (Å²) in [5.74, 6) is -3.07. The number of carbonyl (C=O) groups is 4. The largest absolute Gasteiger partial charge is 0.393 e. The minimum absolute atomic E-state index is 0.0167. The molecule has 1 saturated heterocycles. The van der Waals surface area contributed by atoms with Crippen molar-refractivity contribution < 1.29 is 58.6 Å². The van der Waals surface area contributed by atoms with Gasteiger partial charge in [-0.25, -0.2) is 4.39 Å². The van der Waals surface area contributed by atoms with Crippen LogP contribution in [0.3, 0.4) is 0 Å². The van der Waals surface area contributed by atoms with E-state index in [4.69, 9.17) is 9.47 Å². The highest BCUT2D eigenvalue weighted by molar-refractivity contribution is 6.02. The smallest absolute Gasteiger partial charge is 0.193 e. The number of hydrogen-bond donors (Lipinski definition) is 5. The van der Waals surface area contributed by atoms with E-state index < -0.39 is 88.0 Å². The Kier molecular flexibility index (Phi) is 9.52. The zero-order chi connectivity index (χ0) is 42.4. The first-order valence-electron chi connectivity index (χ1n) is 21.3. The molecule has 0 aromatic rings. The van der Waals surface area contributed by atoms with Gasteiger partial charge in [0.05, 0.1) is 18.3 Å². The van der Waals surface area contributed by atoms with Gasteiger partial charge < -0.3 is 35.0 Å². The molecule has 0 amide bonds. The van der Waals surface area contributed by atoms with Crippen LogP contribution < -0.4 is 0 Å². The van der Waals surface area contributed by atoms with Crippen molar-refractivity contribution in [3.05, 3.63) is 47.6 Å². The molecule has 8 aliphatic carbocycles. The molecule has 12 heteroatoms. The highest BCUT2D eigenvalue weighted by atomic mass is 19.1. The average molecular weight is 809 g/mol. The van der Waals surface area contributed by atoms with E-state index >= 15 is 4.39 Å². The third kappa shape index (κ3) is 5.08. The third-order valence-corrected chi connectivity index (χ3v) is 17.8. The van der Waals surface area contributed by atoms with Gasteiger partial charge in [-0.05, 0) is 120 Å². The van der Waals surface area contributed by atoms with E-state index in [9.17, 15) is 44.7 Å². The quantitative estimate of drug-likeness (QED) is 0.274. The molecule has 0 bridgehead atoms. The van der Waals surface area contributed by atoms with Crippen LogP contribution in [0.1, 0.15) is 99.8 Å². The van der Waals surface area contributed by atoms with E-state index in [1.54, 1.807) is 52.8 Å². The predicted octanol–water partition coefficient (Wildman–Crippen LogP) is 4.22. The molecular weight excluding hydrogens is 747 g/mol. The second-order valence-corrected chi connectivity index (χ2v) is 20.6. The number of aliphatic hydroxyl groups is 5. The van der Waals surface area contributed by atoms with Crippen molar-refractivity contribution >= 4 is 23.1 Å². The molecule has 0 aromatic carbocycles. The van der Waals surface area contributed by atoms with Crippen LogP contribution in [0.25, 0.3) is 0 Å². The Balaban J connectivity index is 0.000000162. The monoisotopic (exact) mass is 808 g/mol. The first-order chi connectivity index (χ1) is 26.9. The molecule has 1 heterocycles. The molecule has 0 spiro atoms. The van der Waals surface area contributed by atoms with Gasteiger partial charge in [0.1, 0.15) is 18.8 Å². The van der Waals surface area contributed by atoms with Crippen molar-refractivity contribution in [2.45, 2.75) is 141 Å². The number of carbonyl (C=O) groups excluding carboxylic acids is 4. The third-order valence-electron chi connectivity index (χ3n) is 17.8. The van der Waals surface area contributed by atoms with Crippen molar-refractivity contribution in [1.29, 1.82) is 0 Å². The van der Waals surface area contributed by atoms with Crippen molar-refractivity contribution in [1.82, 2.24) is 0 Å². The van der Waals surface area contributed by atoms with Gasteiger partial charge in [-0.3, -0.25) is 19.2 Å². The van der Waals surface area contributed by atoms with E-state index in [0.717, 1.165) is 18.4 Å². The Hall–Kier alpha value is -2.71. The average Bonchev–Trinajstić information content (AvgIpc) is 3.66. The summed E-state index contributed by atoms with van der Waals surface area (Å²) in [6, 6.07) is 0. The number of Topliss-reactive ketones (excluding diaryl/α,β-unsaturated/α-hetero) is 2. The summed E-state index contributed by atoms with van der Waals surface area (Å²) in [5.41, 5.74) is -6.29. The van der Waals surface area contributed by atoms with Crippen LogP contribution in [-0.4, -0.2) is 103 Å². The van der Waals surface area contributed by atoms with Gasteiger partial charge in [-0.15, -0.1) is 0 Å². The van der Waals surface area contributed by atoms with Crippen LogP contribution in [0.15, 0.2) is 47.6 Å². The zero-order valence-corrected chi connectivity index (χ0v) is 34.8. The molecule has 6 saturated carbocycles. The Morgan fingerprint density at radius 1 is 0.810 bits per heavy atom. The van der Waals surface area contributed by atoms with Crippen LogP contribution in [0.5, 0.6) is 0 Å². The highest BCUT2D eigenvalue weighted by Crippen LogP contribution is 2.72. The van der Waals surface area contributed by atoms with Crippen LogP contribution in [-0.2, 0) is 28.7 Å². The molecule has 9 rings (SSSR count). The predicted molar refractivity (Wildman–Crippen MR) is 208 cm³/mol. The summed E-state index contributed by atoms with van der Waals surface area (Å²) in [7, 11) is 0. The van der Waals surface area contributed by atoms with E-state index in [2.05, 4.69) is 6.92 Å². The van der Waals surface area contributed by atoms with Gasteiger partial charge in [-0.1, -0.05) is 51.0 Å². The number of allylic oxidation sites excluding steroid dienone is 8. The lowest BCUT2D eigenvalue weighted by Crippen LogP contribution is -2.69. The van der Waals surface area contributed by atoms with Gasteiger partial charge in [0.2, 0.25) is 0 Å². The minimum Gasteiger partial charge on any atom is -0.393 e. The van der Waals surface area contributed by atoms with Crippen molar-refractivity contribution in [2.24, 2.45) is 57.2 Å². The van der Waals surface area contributed by atoms with E-state index in [0.29, 0.717) is 37.7 Å². The fourth-order valence-electron chi connectivity index (χ4n) is 15.3. The minimum atomic E-state index is -1.98. The molecule has 0 aromatic heterocycles. The number of halogens is 1. The summed E-state index contributed by atoms with van der Waals surface area (Å²) >= 11 is 0. The van der Waals surface area contributed by atoms with Gasteiger partial charge in [0.15, 0.2) is 40.2 Å². The van der Waals surface area contributed by atoms with Crippen LogP contribution in [0.4, 0.5) is 4.39 Å². The molecule has 318 valence electrons. The normalized spacial score (nSPS) is 51.7. The maximum absolute atomic E-state index is 16.9.